The van der Waals surface area contributed by atoms with E-state index in [9.17, 15) is 4.79 Å². The number of nitrogens with zero attached hydrogens (tertiary/aromatic N) is 5. The number of aromatic nitrogens is 6. The average Bonchev–Trinajstić information content (AvgIpc) is 3.40. The minimum absolute atomic E-state index is 0.125. The van der Waals surface area contributed by atoms with Crippen LogP contribution in [0.25, 0.3) is 22.5 Å². The summed E-state index contributed by atoms with van der Waals surface area (Å²) < 4.78 is 12.3. The van der Waals surface area contributed by atoms with Gasteiger partial charge in [-0.05, 0) is 28.3 Å². The Balaban J connectivity index is 1.58. The smallest absolute Gasteiger partial charge is 0.257 e. The number of rotatable bonds is 11. The summed E-state index contributed by atoms with van der Waals surface area (Å²) in [5.41, 5.74) is 3.82. The number of H-pyrrole nitrogens is 1. The monoisotopic (exact) mass is 460 g/mol. The number of nitrogens with one attached hydrogen (secondary N) is 1. The maximum atomic E-state index is 12.9. The lowest BCUT2D eigenvalue weighted by Crippen LogP contribution is -2.26. The molecule has 0 saturated carbocycles. The fraction of sp³-hybridized carbons (Fsp3) is 0.320. The molecule has 0 radical (unpaired) electrons. The second kappa shape index (κ2) is 11.3. The molecule has 2 heterocycles. The average molecular weight is 461 g/mol. The van der Waals surface area contributed by atoms with Gasteiger partial charge in [-0.1, -0.05) is 61.9 Å². The van der Waals surface area contributed by atoms with Gasteiger partial charge in [0, 0.05) is 19.1 Å². The number of methoxy groups -OCH3 is 1. The molecule has 0 atom stereocenters. The van der Waals surface area contributed by atoms with Gasteiger partial charge in [0.15, 0.2) is 0 Å². The van der Waals surface area contributed by atoms with Crippen LogP contribution >= 0.6 is 0 Å². The van der Waals surface area contributed by atoms with Crippen LogP contribution in [0.3, 0.4) is 0 Å². The van der Waals surface area contributed by atoms with Crippen molar-refractivity contribution in [2.45, 2.75) is 32.7 Å². The van der Waals surface area contributed by atoms with Gasteiger partial charge in [-0.3, -0.25) is 9.36 Å². The molecule has 0 aliphatic heterocycles. The van der Waals surface area contributed by atoms with E-state index in [1.165, 1.54) is 6.07 Å². The highest BCUT2D eigenvalue weighted by Crippen LogP contribution is 2.29. The fourth-order valence-corrected chi connectivity index (χ4v) is 3.71. The zero-order valence-electron chi connectivity index (χ0n) is 19.4. The number of benzene rings is 2. The molecular formula is C25H28N6O3. The van der Waals surface area contributed by atoms with Crippen LogP contribution in [0.1, 0.15) is 31.2 Å². The topological polar surface area (TPSA) is 108 Å². The van der Waals surface area contributed by atoms with E-state index in [1.807, 2.05) is 48.5 Å². The molecule has 4 aromatic rings. The van der Waals surface area contributed by atoms with Gasteiger partial charge in [0.25, 0.3) is 5.56 Å². The van der Waals surface area contributed by atoms with E-state index in [4.69, 9.17) is 9.47 Å². The van der Waals surface area contributed by atoms with Gasteiger partial charge in [0.1, 0.15) is 12.4 Å². The zero-order valence-corrected chi connectivity index (χ0v) is 19.4. The van der Waals surface area contributed by atoms with Gasteiger partial charge in [-0.25, -0.2) is 0 Å². The summed E-state index contributed by atoms with van der Waals surface area (Å²) in [6.07, 6.45) is 2.67. The van der Waals surface area contributed by atoms with Crippen LogP contribution in [0.5, 0.6) is 5.88 Å². The van der Waals surface area contributed by atoms with Crippen LogP contribution in [-0.2, 0) is 17.7 Å². The lowest BCUT2D eigenvalue weighted by atomic mass is 9.98. The van der Waals surface area contributed by atoms with Crippen LogP contribution in [0.2, 0.25) is 0 Å². The van der Waals surface area contributed by atoms with Crippen molar-refractivity contribution >= 4 is 0 Å². The minimum Gasteiger partial charge on any atom is -0.475 e. The van der Waals surface area contributed by atoms with Crippen molar-refractivity contribution in [2.75, 3.05) is 20.3 Å². The molecule has 176 valence electrons. The Morgan fingerprint density at radius 2 is 1.82 bits per heavy atom. The van der Waals surface area contributed by atoms with E-state index >= 15 is 0 Å². The molecule has 1 N–H and O–H groups in total. The molecule has 34 heavy (non-hydrogen) atoms. The van der Waals surface area contributed by atoms with Crippen molar-refractivity contribution in [3.63, 3.8) is 0 Å². The Labute approximate surface area is 197 Å². The van der Waals surface area contributed by atoms with Crippen LogP contribution in [0.4, 0.5) is 0 Å². The van der Waals surface area contributed by atoms with Crippen molar-refractivity contribution < 1.29 is 9.47 Å². The van der Waals surface area contributed by atoms with Gasteiger partial charge in [0.2, 0.25) is 11.7 Å². The second-order valence-electron chi connectivity index (χ2n) is 7.86. The van der Waals surface area contributed by atoms with E-state index < -0.39 is 0 Å². The highest BCUT2D eigenvalue weighted by molar-refractivity contribution is 5.80. The largest absolute Gasteiger partial charge is 0.475 e. The SMILES string of the molecule is CCCCc1nc(OCCOC)cc(=O)n1Cc1ccc(-c2ccccc2-c2nn[nH]n2)cc1. The summed E-state index contributed by atoms with van der Waals surface area (Å²) in [7, 11) is 1.61. The summed E-state index contributed by atoms with van der Waals surface area (Å²) in [5.74, 6) is 1.62. The van der Waals surface area contributed by atoms with Crippen molar-refractivity contribution in [3.05, 3.63) is 76.3 Å². The lowest BCUT2D eigenvalue weighted by molar-refractivity contribution is 0.143. The Morgan fingerprint density at radius 3 is 2.53 bits per heavy atom. The third-order valence-electron chi connectivity index (χ3n) is 5.47. The molecule has 0 fully saturated rings. The molecule has 2 aromatic heterocycles. The molecule has 0 bridgehead atoms. The van der Waals surface area contributed by atoms with Crippen molar-refractivity contribution in [1.29, 1.82) is 0 Å². The lowest BCUT2D eigenvalue weighted by Gasteiger charge is -2.14. The standard InChI is InChI=1S/C25H28N6O3/c1-3-4-9-22-26-23(34-15-14-33-2)16-24(32)31(22)17-18-10-12-19(13-11-18)20-7-5-6-8-21(20)25-27-29-30-28-25/h5-8,10-13,16H,3-4,9,14-15,17H2,1-2H3,(H,27,28,29,30). The highest BCUT2D eigenvalue weighted by Gasteiger charge is 2.13. The molecule has 9 nitrogen and oxygen atoms in total. The van der Waals surface area contributed by atoms with Gasteiger partial charge in [-0.15, -0.1) is 10.2 Å². The molecule has 0 unspecified atom stereocenters. The zero-order chi connectivity index (χ0) is 23.8. The Morgan fingerprint density at radius 1 is 1.03 bits per heavy atom. The van der Waals surface area contributed by atoms with Crippen LogP contribution in [0, 0.1) is 0 Å². The van der Waals surface area contributed by atoms with Crippen molar-refractivity contribution in [1.82, 2.24) is 30.2 Å². The van der Waals surface area contributed by atoms with E-state index in [1.54, 1.807) is 11.7 Å². The Kier molecular flexibility index (Phi) is 7.77. The number of tetrazole rings is 1. The van der Waals surface area contributed by atoms with Crippen molar-refractivity contribution in [3.8, 4) is 28.4 Å². The normalized spacial score (nSPS) is 11.0. The number of hydrogen-bond donors (Lipinski definition) is 1. The number of ether oxygens (including phenoxy) is 2. The number of aryl methyl sites for hydroxylation is 1. The van der Waals surface area contributed by atoms with Gasteiger partial charge >= 0.3 is 0 Å². The van der Waals surface area contributed by atoms with Crippen LogP contribution in [-0.4, -0.2) is 50.5 Å². The van der Waals surface area contributed by atoms with Gasteiger partial charge in [-0.2, -0.15) is 10.2 Å². The third-order valence-corrected chi connectivity index (χ3v) is 5.47. The highest BCUT2D eigenvalue weighted by atomic mass is 16.5. The van der Waals surface area contributed by atoms with Gasteiger partial charge in [0.05, 0.1) is 19.2 Å². The summed E-state index contributed by atoms with van der Waals surface area (Å²) in [5, 5.41) is 14.4. The first kappa shape index (κ1) is 23.3. The maximum absolute atomic E-state index is 12.9. The molecule has 0 aliphatic carbocycles. The fourth-order valence-electron chi connectivity index (χ4n) is 3.71. The van der Waals surface area contributed by atoms with E-state index in [-0.39, 0.29) is 5.56 Å². The summed E-state index contributed by atoms with van der Waals surface area (Å²) in [6.45, 7) is 3.35. The van der Waals surface area contributed by atoms with E-state index in [2.05, 4.69) is 32.5 Å². The molecule has 0 aliphatic rings. The quantitative estimate of drug-likeness (QED) is 0.341. The van der Waals surface area contributed by atoms with E-state index in [0.717, 1.165) is 40.9 Å². The first-order chi connectivity index (χ1) is 16.7. The second-order valence-corrected chi connectivity index (χ2v) is 7.86. The van der Waals surface area contributed by atoms with Crippen LogP contribution in [0.15, 0.2) is 59.4 Å². The Hall–Kier alpha value is -3.85. The molecule has 0 saturated heterocycles. The summed E-state index contributed by atoms with van der Waals surface area (Å²) in [6, 6.07) is 17.5. The first-order valence-corrected chi connectivity index (χ1v) is 11.3. The predicted octanol–water partition coefficient (Wildman–Crippen LogP) is 3.51. The molecule has 4 rings (SSSR count). The number of hydrogen-bond acceptors (Lipinski definition) is 7. The van der Waals surface area contributed by atoms with Crippen molar-refractivity contribution in [2.24, 2.45) is 0 Å². The first-order valence-electron chi connectivity index (χ1n) is 11.3. The summed E-state index contributed by atoms with van der Waals surface area (Å²) in [4.78, 5) is 17.5. The third kappa shape index (κ3) is 5.55. The number of aromatic amines is 1. The molecule has 9 heteroatoms. The molecular weight excluding hydrogens is 432 g/mol. The number of unbranched alkanes of at least 4 members (excludes halogenated alkanes) is 1. The Bertz CT molecular complexity index is 1250. The van der Waals surface area contributed by atoms with Gasteiger partial charge < -0.3 is 9.47 Å². The molecule has 0 spiro atoms. The summed E-state index contributed by atoms with van der Waals surface area (Å²) >= 11 is 0. The predicted molar refractivity (Wildman–Crippen MR) is 129 cm³/mol. The molecule has 2 aromatic carbocycles. The maximum Gasteiger partial charge on any atom is 0.257 e. The minimum atomic E-state index is -0.125. The molecule has 0 amide bonds. The van der Waals surface area contributed by atoms with E-state index in [0.29, 0.717) is 37.9 Å². The van der Waals surface area contributed by atoms with Crippen LogP contribution < -0.4 is 10.3 Å².